The number of halogens is 2. The lowest BCUT2D eigenvalue weighted by atomic mass is 10.2. The van der Waals surface area contributed by atoms with Crippen molar-refractivity contribution < 1.29 is 4.79 Å². The lowest BCUT2D eigenvalue weighted by molar-refractivity contribution is -0.131. The first-order valence-corrected chi connectivity index (χ1v) is 10.6. The molecule has 2 aromatic carbocycles. The van der Waals surface area contributed by atoms with Crippen molar-refractivity contribution in [3.8, 4) is 0 Å². The zero-order valence-corrected chi connectivity index (χ0v) is 16.9. The number of anilines is 1. The summed E-state index contributed by atoms with van der Waals surface area (Å²) in [5, 5.41) is 1.15. The molecule has 0 radical (unpaired) electrons. The molecule has 3 rings (SSSR count). The SMILES string of the molecule is O=C(CCSCc1ccc(Cl)c(Cl)c1)N1CCN(c2ccccc2)CC1. The van der Waals surface area contributed by atoms with Gasteiger partial charge in [-0.05, 0) is 29.8 Å². The van der Waals surface area contributed by atoms with E-state index in [4.69, 9.17) is 23.2 Å². The molecule has 0 aromatic heterocycles. The summed E-state index contributed by atoms with van der Waals surface area (Å²) in [6.07, 6.45) is 0.581. The van der Waals surface area contributed by atoms with Crippen molar-refractivity contribution in [3.05, 3.63) is 64.1 Å². The van der Waals surface area contributed by atoms with Gasteiger partial charge in [0, 0.05) is 49.8 Å². The van der Waals surface area contributed by atoms with E-state index in [1.54, 1.807) is 11.8 Å². The first-order valence-electron chi connectivity index (χ1n) is 8.73. The monoisotopic (exact) mass is 408 g/mol. The summed E-state index contributed by atoms with van der Waals surface area (Å²) < 4.78 is 0. The molecule has 26 heavy (non-hydrogen) atoms. The molecule has 3 nitrogen and oxygen atoms in total. The first kappa shape index (κ1) is 19.4. The molecule has 1 saturated heterocycles. The molecule has 0 spiro atoms. The molecule has 138 valence electrons. The van der Waals surface area contributed by atoms with Crippen molar-refractivity contribution in [3.63, 3.8) is 0 Å². The van der Waals surface area contributed by atoms with Gasteiger partial charge in [0.1, 0.15) is 0 Å². The molecule has 1 aliphatic rings. The topological polar surface area (TPSA) is 23.6 Å². The number of thioether (sulfide) groups is 1. The van der Waals surface area contributed by atoms with E-state index in [-0.39, 0.29) is 5.91 Å². The van der Waals surface area contributed by atoms with Gasteiger partial charge in [-0.15, -0.1) is 0 Å². The highest BCUT2D eigenvalue weighted by Crippen LogP contribution is 2.25. The smallest absolute Gasteiger partial charge is 0.223 e. The van der Waals surface area contributed by atoms with Crippen LogP contribution in [0.4, 0.5) is 5.69 Å². The Bertz CT molecular complexity index is 734. The van der Waals surface area contributed by atoms with E-state index in [1.807, 2.05) is 29.2 Å². The Morgan fingerprint density at radius 3 is 2.38 bits per heavy atom. The third kappa shape index (κ3) is 5.32. The van der Waals surface area contributed by atoms with Crippen LogP contribution in [0, 0.1) is 0 Å². The zero-order valence-electron chi connectivity index (χ0n) is 14.5. The lowest BCUT2D eigenvalue weighted by Crippen LogP contribution is -2.48. The second kappa shape index (κ2) is 9.54. The van der Waals surface area contributed by atoms with Gasteiger partial charge in [-0.2, -0.15) is 11.8 Å². The molecule has 1 heterocycles. The molecule has 0 N–H and O–H groups in total. The maximum atomic E-state index is 12.4. The summed E-state index contributed by atoms with van der Waals surface area (Å²) in [5.74, 6) is 1.91. The van der Waals surface area contributed by atoms with Crippen LogP contribution in [0.25, 0.3) is 0 Å². The molecular formula is C20H22Cl2N2OS. The van der Waals surface area contributed by atoms with Crippen LogP contribution in [-0.2, 0) is 10.5 Å². The van der Waals surface area contributed by atoms with Crippen LogP contribution in [0.1, 0.15) is 12.0 Å². The fraction of sp³-hybridized carbons (Fsp3) is 0.350. The number of amides is 1. The number of hydrogen-bond donors (Lipinski definition) is 0. The van der Waals surface area contributed by atoms with E-state index in [0.717, 1.165) is 43.2 Å². The van der Waals surface area contributed by atoms with Crippen molar-refractivity contribution in [2.24, 2.45) is 0 Å². The predicted octanol–water partition coefficient (Wildman–Crippen LogP) is 4.97. The second-order valence-electron chi connectivity index (χ2n) is 6.25. The number of hydrogen-bond acceptors (Lipinski definition) is 3. The van der Waals surface area contributed by atoms with Crippen molar-refractivity contribution in [1.29, 1.82) is 0 Å². The van der Waals surface area contributed by atoms with Gasteiger partial charge >= 0.3 is 0 Å². The molecule has 0 atom stereocenters. The molecular weight excluding hydrogens is 387 g/mol. The largest absolute Gasteiger partial charge is 0.368 e. The minimum Gasteiger partial charge on any atom is -0.368 e. The normalized spacial score (nSPS) is 14.5. The molecule has 6 heteroatoms. The minimum absolute atomic E-state index is 0.249. The van der Waals surface area contributed by atoms with Crippen LogP contribution in [0.5, 0.6) is 0 Å². The molecule has 0 bridgehead atoms. The van der Waals surface area contributed by atoms with Crippen LogP contribution >= 0.6 is 35.0 Å². The van der Waals surface area contributed by atoms with Gasteiger partial charge in [-0.25, -0.2) is 0 Å². The predicted molar refractivity (Wildman–Crippen MR) is 112 cm³/mol. The fourth-order valence-electron chi connectivity index (χ4n) is 2.99. The number of piperazine rings is 1. The molecule has 0 unspecified atom stereocenters. The van der Waals surface area contributed by atoms with E-state index >= 15 is 0 Å². The van der Waals surface area contributed by atoms with Crippen molar-refractivity contribution in [2.45, 2.75) is 12.2 Å². The van der Waals surface area contributed by atoms with E-state index in [1.165, 1.54) is 5.69 Å². The molecule has 0 saturated carbocycles. The van der Waals surface area contributed by atoms with E-state index < -0.39 is 0 Å². The van der Waals surface area contributed by atoms with Gasteiger partial charge in [-0.1, -0.05) is 47.5 Å². The Hall–Kier alpha value is -1.36. The number of carbonyl (C=O) groups excluding carboxylic acids is 1. The van der Waals surface area contributed by atoms with Crippen LogP contribution in [0.3, 0.4) is 0 Å². The highest BCUT2D eigenvalue weighted by Gasteiger charge is 2.20. The maximum absolute atomic E-state index is 12.4. The fourth-order valence-corrected chi connectivity index (χ4v) is 4.19. The maximum Gasteiger partial charge on any atom is 0.223 e. The van der Waals surface area contributed by atoms with Gasteiger partial charge in [0.25, 0.3) is 0 Å². The summed E-state index contributed by atoms with van der Waals surface area (Å²) >= 11 is 13.7. The van der Waals surface area contributed by atoms with Gasteiger partial charge in [0.15, 0.2) is 0 Å². The number of nitrogens with zero attached hydrogens (tertiary/aromatic N) is 2. The molecule has 1 aliphatic heterocycles. The van der Waals surface area contributed by atoms with Crippen molar-refractivity contribution in [1.82, 2.24) is 4.90 Å². The van der Waals surface area contributed by atoms with Crippen LogP contribution in [0.15, 0.2) is 48.5 Å². The number of para-hydroxylation sites is 1. The summed E-state index contributed by atoms with van der Waals surface area (Å²) in [5.41, 5.74) is 2.37. The van der Waals surface area contributed by atoms with Crippen LogP contribution in [-0.4, -0.2) is 42.7 Å². The Labute approximate surface area is 169 Å². The van der Waals surface area contributed by atoms with E-state index in [9.17, 15) is 4.79 Å². The standard InChI is InChI=1S/C20H22Cl2N2OS/c21-18-7-6-16(14-19(18)22)15-26-13-8-20(25)24-11-9-23(10-12-24)17-4-2-1-3-5-17/h1-7,14H,8-13,15H2. The highest BCUT2D eigenvalue weighted by atomic mass is 35.5. The Morgan fingerprint density at radius 1 is 0.962 bits per heavy atom. The second-order valence-corrected chi connectivity index (χ2v) is 8.17. The third-order valence-electron chi connectivity index (χ3n) is 4.47. The number of rotatable bonds is 6. The summed E-state index contributed by atoms with van der Waals surface area (Å²) in [4.78, 5) is 16.7. The number of carbonyl (C=O) groups is 1. The van der Waals surface area contributed by atoms with Crippen molar-refractivity contribution >= 4 is 46.6 Å². The Morgan fingerprint density at radius 2 is 1.69 bits per heavy atom. The average Bonchev–Trinajstić information content (AvgIpc) is 2.68. The van der Waals surface area contributed by atoms with Gasteiger partial charge < -0.3 is 9.80 Å². The summed E-state index contributed by atoms with van der Waals surface area (Å²) in [6, 6.07) is 16.1. The summed E-state index contributed by atoms with van der Waals surface area (Å²) in [6.45, 7) is 3.38. The Balaban J connectivity index is 1.37. The van der Waals surface area contributed by atoms with E-state index in [2.05, 4.69) is 29.2 Å². The minimum atomic E-state index is 0.249. The van der Waals surface area contributed by atoms with Gasteiger partial charge in [0.2, 0.25) is 5.91 Å². The average molecular weight is 409 g/mol. The van der Waals surface area contributed by atoms with Crippen molar-refractivity contribution in [2.75, 3.05) is 36.8 Å². The molecule has 0 aliphatic carbocycles. The molecule has 1 amide bonds. The summed E-state index contributed by atoms with van der Waals surface area (Å²) in [7, 11) is 0. The lowest BCUT2D eigenvalue weighted by Gasteiger charge is -2.36. The quantitative estimate of drug-likeness (QED) is 0.630. The first-order chi connectivity index (χ1) is 12.6. The van der Waals surface area contributed by atoms with Gasteiger partial charge in [0.05, 0.1) is 10.0 Å². The zero-order chi connectivity index (χ0) is 18.4. The Kier molecular flexibility index (Phi) is 7.12. The van der Waals surface area contributed by atoms with Crippen LogP contribution < -0.4 is 4.90 Å². The molecule has 1 fully saturated rings. The van der Waals surface area contributed by atoms with Gasteiger partial charge in [-0.3, -0.25) is 4.79 Å². The number of benzene rings is 2. The highest BCUT2D eigenvalue weighted by molar-refractivity contribution is 7.98. The van der Waals surface area contributed by atoms with E-state index in [0.29, 0.717) is 16.5 Å². The molecule has 2 aromatic rings. The third-order valence-corrected chi connectivity index (χ3v) is 6.24. The van der Waals surface area contributed by atoms with Crippen LogP contribution in [0.2, 0.25) is 10.0 Å².